The highest BCUT2D eigenvalue weighted by Crippen LogP contribution is 2.30. The summed E-state index contributed by atoms with van der Waals surface area (Å²) in [6.07, 6.45) is 3.36. The molecule has 0 aliphatic carbocycles. The van der Waals surface area contributed by atoms with Crippen molar-refractivity contribution in [3.8, 4) is 22.4 Å². The van der Waals surface area contributed by atoms with Crippen LogP contribution >= 0.6 is 0 Å². The fourth-order valence-corrected chi connectivity index (χ4v) is 3.93. The van der Waals surface area contributed by atoms with Crippen molar-refractivity contribution in [1.29, 1.82) is 0 Å². The Bertz CT molecular complexity index is 1190. The number of anilines is 1. The highest BCUT2D eigenvalue weighted by Gasteiger charge is 2.13. The Morgan fingerprint density at radius 3 is 2.60 bits per heavy atom. The Labute approximate surface area is 175 Å². The van der Waals surface area contributed by atoms with E-state index in [1.807, 2.05) is 18.2 Å². The molecule has 5 rings (SSSR count). The third-order valence-electron chi connectivity index (χ3n) is 5.46. The Morgan fingerprint density at radius 2 is 1.73 bits per heavy atom. The number of fused-ring (bicyclic) bond motifs is 1. The molecule has 0 spiro atoms. The van der Waals surface area contributed by atoms with Crippen LogP contribution in [0.5, 0.6) is 0 Å². The Kier molecular flexibility index (Phi) is 5.09. The second-order valence-corrected chi connectivity index (χ2v) is 7.51. The fourth-order valence-electron chi connectivity index (χ4n) is 3.93. The van der Waals surface area contributed by atoms with Crippen LogP contribution in [0.15, 0.2) is 67.1 Å². The van der Waals surface area contributed by atoms with Gasteiger partial charge in [0.1, 0.15) is 12.1 Å². The monoisotopic (exact) mass is 397 g/mol. The molecule has 1 aliphatic heterocycles. The first-order valence-corrected chi connectivity index (χ1v) is 10.1. The van der Waals surface area contributed by atoms with E-state index in [4.69, 9.17) is 10.5 Å². The number of nitrogens with two attached hydrogens (primary N) is 1. The summed E-state index contributed by atoms with van der Waals surface area (Å²) in [7, 11) is 0. The first-order chi connectivity index (χ1) is 14.8. The van der Waals surface area contributed by atoms with Gasteiger partial charge in [0.25, 0.3) is 0 Å². The molecule has 0 saturated carbocycles. The lowest BCUT2D eigenvalue weighted by Crippen LogP contribution is -2.35. The van der Waals surface area contributed by atoms with E-state index in [9.17, 15) is 0 Å². The van der Waals surface area contributed by atoms with E-state index in [0.29, 0.717) is 5.82 Å². The molecule has 1 aliphatic rings. The molecule has 1 saturated heterocycles. The Morgan fingerprint density at radius 1 is 0.867 bits per heavy atom. The molecule has 30 heavy (non-hydrogen) atoms. The topological polar surface area (TPSA) is 77.2 Å². The quantitative estimate of drug-likeness (QED) is 0.565. The van der Waals surface area contributed by atoms with Crippen LogP contribution < -0.4 is 5.73 Å². The first kappa shape index (κ1) is 18.7. The zero-order valence-corrected chi connectivity index (χ0v) is 16.7. The maximum atomic E-state index is 5.88. The lowest BCUT2D eigenvalue weighted by atomic mass is 10.00. The van der Waals surface area contributed by atoms with E-state index < -0.39 is 0 Å². The predicted molar refractivity (Wildman–Crippen MR) is 119 cm³/mol. The minimum atomic E-state index is 0.507. The van der Waals surface area contributed by atoms with Gasteiger partial charge in [-0.05, 0) is 47.0 Å². The van der Waals surface area contributed by atoms with Crippen LogP contribution in [0.25, 0.3) is 33.3 Å². The van der Waals surface area contributed by atoms with E-state index >= 15 is 0 Å². The van der Waals surface area contributed by atoms with Crippen LogP contribution in [-0.2, 0) is 11.3 Å². The largest absolute Gasteiger partial charge is 0.384 e. The molecule has 1 fully saturated rings. The summed E-state index contributed by atoms with van der Waals surface area (Å²) in [5, 5.41) is 1.02. The molecular formula is C24H23N5O. The predicted octanol–water partition coefficient (Wildman–Crippen LogP) is 3.77. The summed E-state index contributed by atoms with van der Waals surface area (Å²) < 4.78 is 5.46. The van der Waals surface area contributed by atoms with Gasteiger partial charge in [0.2, 0.25) is 0 Å². The van der Waals surface area contributed by atoms with E-state index in [0.717, 1.165) is 66.1 Å². The number of pyridine rings is 1. The lowest BCUT2D eigenvalue weighted by Gasteiger charge is -2.26. The van der Waals surface area contributed by atoms with E-state index in [2.05, 4.69) is 56.3 Å². The van der Waals surface area contributed by atoms with Crippen molar-refractivity contribution >= 4 is 16.7 Å². The molecule has 0 atom stereocenters. The van der Waals surface area contributed by atoms with Crippen molar-refractivity contribution in [1.82, 2.24) is 19.9 Å². The summed E-state index contributed by atoms with van der Waals surface area (Å²) in [4.78, 5) is 15.6. The number of aromatic nitrogens is 3. The fraction of sp³-hybridized carbons (Fsp3) is 0.208. The van der Waals surface area contributed by atoms with Gasteiger partial charge < -0.3 is 10.5 Å². The molecule has 2 N–H and O–H groups in total. The van der Waals surface area contributed by atoms with Crippen molar-refractivity contribution in [2.45, 2.75) is 6.54 Å². The molecule has 3 heterocycles. The average Bonchev–Trinajstić information content (AvgIpc) is 2.79. The maximum absolute atomic E-state index is 5.88. The van der Waals surface area contributed by atoms with Crippen molar-refractivity contribution in [2.75, 3.05) is 32.0 Å². The van der Waals surface area contributed by atoms with Gasteiger partial charge >= 0.3 is 0 Å². The van der Waals surface area contributed by atoms with Gasteiger partial charge in [-0.2, -0.15) is 0 Å². The summed E-state index contributed by atoms with van der Waals surface area (Å²) in [6, 6.07) is 18.7. The Hall–Kier alpha value is -3.35. The van der Waals surface area contributed by atoms with Crippen molar-refractivity contribution in [2.24, 2.45) is 0 Å². The molecule has 6 heteroatoms. The second kappa shape index (κ2) is 8.18. The number of morpholine rings is 1. The van der Waals surface area contributed by atoms with E-state index in [-0.39, 0.29) is 0 Å². The molecule has 0 unspecified atom stereocenters. The van der Waals surface area contributed by atoms with E-state index in [1.54, 1.807) is 12.5 Å². The van der Waals surface area contributed by atoms with Crippen LogP contribution in [0.4, 0.5) is 5.82 Å². The minimum absolute atomic E-state index is 0.507. The number of hydrogen-bond donors (Lipinski definition) is 1. The van der Waals surface area contributed by atoms with Gasteiger partial charge in [0.05, 0.1) is 24.4 Å². The van der Waals surface area contributed by atoms with Gasteiger partial charge in [-0.15, -0.1) is 0 Å². The molecule has 0 amide bonds. The van der Waals surface area contributed by atoms with Gasteiger partial charge in [0.15, 0.2) is 0 Å². The van der Waals surface area contributed by atoms with Crippen molar-refractivity contribution < 1.29 is 4.74 Å². The minimum Gasteiger partial charge on any atom is -0.384 e. The summed E-state index contributed by atoms with van der Waals surface area (Å²) >= 11 is 0. The molecular weight excluding hydrogens is 374 g/mol. The molecule has 150 valence electrons. The van der Waals surface area contributed by atoms with Crippen LogP contribution in [0, 0.1) is 0 Å². The molecule has 2 aromatic carbocycles. The standard InChI is InChI=1S/C24H23N5O/c25-23-14-19(6-7-26-23)18-4-5-22-21(13-18)24(28-16-27-22)20-3-1-2-17(12-20)15-29-8-10-30-11-9-29/h1-7,12-14,16H,8-11,15H2,(H2,25,26). The zero-order valence-electron chi connectivity index (χ0n) is 16.7. The summed E-state index contributed by atoms with van der Waals surface area (Å²) in [5.74, 6) is 0.507. The van der Waals surface area contributed by atoms with Crippen LogP contribution in [0.2, 0.25) is 0 Å². The van der Waals surface area contributed by atoms with Crippen molar-refractivity contribution in [3.63, 3.8) is 0 Å². The second-order valence-electron chi connectivity index (χ2n) is 7.51. The number of ether oxygens (including phenoxy) is 1. The van der Waals surface area contributed by atoms with Crippen molar-refractivity contribution in [3.05, 3.63) is 72.7 Å². The molecule has 4 aromatic rings. The number of rotatable bonds is 4. The molecule has 6 nitrogen and oxygen atoms in total. The maximum Gasteiger partial charge on any atom is 0.123 e. The smallest absolute Gasteiger partial charge is 0.123 e. The third-order valence-corrected chi connectivity index (χ3v) is 5.46. The number of nitrogen functional groups attached to an aromatic ring is 1. The number of nitrogens with zero attached hydrogens (tertiary/aromatic N) is 4. The zero-order chi connectivity index (χ0) is 20.3. The Balaban J connectivity index is 1.53. The average molecular weight is 397 g/mol. The highest BCUT2D eigenvalue weighted by atomic mass is 16.5. The van der Waals surface area contributed by atoms with Gasteiger partial charge in [-0.25, -0.2) is 15.0 Å². The first-order valence-electron chi connectivity index (χ1n) is 10.1. The number of benzene rings is 2. The van der Waals surface area contributed by atoms with Crippen LogP contribution in [0.1, 0.15) is 5.56 Å². The van der Waals surface area contributed by atoms with Gasteiger partial charge in [-0.3, -0.25) is 4.90 Å². The lowest BCUT2D eigenvalue weighted by molar-refractivity contribution is 0.0342. The summed E-state index contributed by atoms with van der Waals surface area (Å²) in [5.41, 5.74) is 12.2. The third kappa shape index (κ3) is 3.87. The molecule has 0 radical (unpaired) electrons. The highest BCUT2D eigenvalue weighted by molar-refractivity contribution is 5.95. The SMILES string of the molecule is Nc1cc(-c2ccc3ncnc(-c4cccc(CN5CCOCC5)c4)c3c2)ccn1. The van der Waals surface area contributed by atoms with E-state index in [1.165, 1.54) is 5.56 Å². The van der Waals surface area contributed by atoms with Crippen LogP contribution in [-0.4, -0.2) is 46.2 Å². The van der Waals surface area contributed by atoms with Crippen LogP contribution in [0.3, 0.4) is 0 Å². The molecule has 0 bridgehead atoms. The number of hydrogen-bond acceptors (Lipinski definition) is 6. The van der Waals surface area contributed by atoms with Gasteiger partial charge in [-0.1, -0.05) is 24.3 Å². The van der Waals surface area contributed by atoms with Gasteiger partial charge in [0, 0.05) is 36.8 Å². The normalized spacial score (nSPS) is 14.8. The summed E-state index contributed by atoms with van der Waals surface area (Å²) in [6.45, 7) is 4.47. The molecule has 2 aromatic heterocycles.